The molecule has 5 nitrogen and oxygen atoms in total. The molecule has 0 bridgehead atoms. The summed E-state index contributed by atoms with van der Waals surface area (Å²) < 4.78 is 0. The molecule has 1 aliphatic heterocycles. The van der Waals surface area contributed by atoms with Gasteiger partial charge >= 0.3 is 0 Å². The number of aromatic nitrogens is 2. The lowest BCUT2D eigenvalue weighted by atomic mass is 9.99. The van der Waals surface area contributed by atoms with E-state index in [1.54, 1.807) is 0 Å². The van der Waals surface area contributed by atoms with Crippen LogP contribution in [-0.2, 0) is 0 Å². The van der Waals surface area contributed by atoms with Crippen LogP contribution in [0.2, 0.25) is 0 Å². The Bertz CT molecular complexity index is 405. The van der Waals surface area contributed by atoms with E-state index in [1.165, 1.54) is 19.3 Å². The number of rotatable bonds is 5. The highest BCUT2D eigenvalue weighted by Gasteiger charge is 2.23. The zero-order valence-corrected chi connectivity index (χ0v) is 12.0. The lowest BCUT2D eigenvalue weighted by molar-refractivity contribution is 0.438. The summed E-state index contributed by atoms with van der Waals surface area (Å²) in [6.07, 6.45) is 4.79. The number of hydrogen-bond donors (Lipinski definition) is 2. The van der Waals surface area contributed by atoms with E-state index in [-0.39, 0.29) is 0 Å². The third-order valence-corrected chi connectivity index (χ3v) is 3.60. The molecule has 2 heterocycles. The topological polar surface area (TPSA) is 67.1 Å². The van der Waals surface area contributed by atoms with Crippen molar-refractivity contribution in [3.8, 4) is 0 Å². The minimum Gasteiger partial charge on any atom is -0.370 e. The summed E-state index contributed by atoms with van der Waals surface area (Å²) in [7, 11) is 0. The summed E-state index contributed by atoms with van der Waals surface area (Å²) in [5.74, 6) is 2.79. The molecule has 0 aliphatic carbocycles. The van der Waals surface area contributed by atoms with Gasteiger partial charge in [0.05, 0.1) is 0 Å². The van der Waals surface area contributed by atoms with Gasteiger partial charge in [-0.2, -0.15) is 0 Å². The molecule has 1 atom stereocenters. The number of hydrogen-bond acceptors (Lipinski definition) is 5. The Labute approximate surface area is 115 Å². The molecule has 5 heteroatoms. The first-order valence-corrected chi connectivity index (χ1v) is 7.31. The molecular weight excluding hydrogens is 238 g/mol. The normalized spacial score (nSPS) is 19.5. The molecule has 0 aromatic carbocycles. The number of nitrogens with zero attached hydrogens (tertiary/aromatic N) is 3. The first-order valence-electron chi connectivity index (χ1n) is 7.31. The fraction of sp³-hybridized carbons (Fsp3) is 0.714. The third-order valence-electron chi connectivity index (χ3n) is 3.60. The van der Waals surface area contributed by atoms with Crippen molar-refractivity contribution < 1.29 is 0 Å². The predicted molar refractivity (Wildman–Crippen MR) is 79.6 cm³/mol. The highest BCUT2D eigenvalue weighted by atomic mass is 15.2. The molecular formula is C14H25N5. The summed E-state index contributed by atoms with van der Waals surface area (Å²) in [5.41, 5.74) is 5.74. The molecule has 0 amide bonds. The second-order valence-corrected chi connectivity index (χ2v) is 5.11. The number of nitrogens with one attached hydrogen (secondary N) is 1. The molecule has 0 radical (unpaired) electrons. The summed E-state index contributed by atoms with van der Waals surface area (Å²) >= 11 is 0. The first-order chi connectivity index (χ1) is 9.24. The monoisotopic (exact) mass is 263 g/mol. The summed E-state index contributed by atoms with van der Waals surface area (Å²) in [5, 5.41) is 3.27. The molecule has 1 aromatic rings. The highest BCUT2D eigenvalue weighted by molar-refractivity contribution is 5.50. The maximum absolute atomic E-state index is 5.74. The smallest absolute Gasteiger partial charge is 0.134 e. The highest BCUT2D eigenvalue weighted by Crippen LogP contribution is 2.26. The molecule has 1 aromatic heterocycles. The van der Waals surface area contributed by atoms with Crippen LogP contribution < -0.4 is 16.0 Å². The molecule has 1 aliphatic rings. The summed E-state index contributed by atoms with van der Waals surface area (Å²) in [6.45, 7) is 6.72. The largest absolute Gasteiger partial charge is 0.370 e. The van der Waals surface area contributed by atoms with Crippen LogP contribution in [0.15, 0.2) is 6.07 Å². The van der Waals surface area contributed by atoms with Gasteiger partial charge in [0.2, 0.25) is 0 Å². The van der Waals surface area contributed by atoms with Gasteiger partial charge in [0, 0.05) is 25.2 Å². The van der Waals surface area contributed by atoms with Gasteiger partial charge in [-0.15, -0.1) is 0 Å². The van der Waals surface area contributed by atoms with Gasteiger partial charge in [0.15, 0.2) is 0 Å². The van der Waals surface area contributed by atoms with Crippen LogP contribution in [0.5, 0.6) is 0 Å². The molecule has 1 saturated heterocycles. The van der Waals surface area contributed by atoms with Crippen LogP contribution in [0.25, 0.3) is 0 Å². The van der Waals surface area contributed by atoms with Gasteiger partial charge in [-0.25, -0.2) is 9.97 Å². The minimum atomic E-state index is 0.530. The number of piperidine rings is 1. The molecule has 19 heavy (non-hydrogen) atoms. The van der Waals surface area contributed by atoms with Crippen LogP contribution >= 0.6 is 0 Å². The van der Waals surface area contributed by atoms with Crippen molar-refractivity contribution in [3.05, 3.63) is 11.9 Å². The fourth-order valence-corrected chi connectivity index (χ4v) is 2.77. The SMILES string of the molecule is CCNc1cc(N2CCCCC2CCN)nc(C)n1. The summed E-state index contributed by atoms with van der Waals surface area (Å²) in [4.78, 5) is 11.4. The second-order valence-electron chi connectivity index (χ2n) is 5.11. The lowest BCUT2D eigenvalue weighted by Crippen LogP contribution is -2.41. The zero-order valence-electron chi connectivity index (χ0n) is 12.0. The van der Waals surface area contributed by atoms with E-state index in [1.807, 2.05) is 6.92 Å². The Morgan fingerprint density at radius 2 is 2.26 bits per heavy atom. The number of nitrogens with two attached hydrogens (primary N) is 1. The van der Waals surface area contributed by atoms with E-state index in [0.717, 1.165) is 43.5 Å². The minimum absolute atomic E-state index is 0.530. The molecule has 106 valence electrons. The summed E-state index contributed by atoms with van der Waals surface area (Å²) in [6, 6.07) is 2.59. The van der Waals surface area contributed by atoms with Crippen molar-refractivity contribution in [1.82, 2.24) is 9.97 Å². The van der Waals surface area contributed by atoms with Crippen LogP contribution in [-0.4, -0.2) is 35.6 Å². The quantitative estimate of drug-likeness (QED) is 0.849. The van der Waals surface area contributed by atoms with E-state index >= 15 is 0 Å². The van der Waals surface area contributed by atoms with Crippen molar-refractivity contribution in [2.45, 2.75) is 45.6 Å². The van der Waals surface area contributed by atoms with E-state index < -0.39 is 0 Å². The van der Waals surface area contributed by atoms with Gasteiger partial charge in [0.25, 0.3) is 0 Å². The third kappa shape index (κ3) is 3.56. The van der Waals surface area contributed by atoms with Crippen molar-refractivity contribution in [2.75, 3.05) is 29.9 Å². The number of anilines is 2. The molecule has 1 unspecified atom stereocenters. The second kappa shape index (κ2) is 6.70. The Morgan fingerprint density at radius 3 is 3.00 bits per heavy atom. The maximum Gasteiger partial charge on any atom is 0.134 e. The van der Waals surface area contributed by atoms with Crippen LogP contribution in [0, 0.1) is 6.92 Å². The van der Waals surface area contributed by atoms with Gasteiger partial charge < -0.3 is 16.0 Å². The molecule has 0 spiro atoms. The predicted octanol–water partition coefficient (Wildman–Crippen LogP) is 1.92. The molecule has 0 saturated carbocycles. The molecule has 1 fully saturated rings. The Hall–Kier alpha value is -1.36. The average Bonchev–Trinajstić information content (AvgIpc) is 2.39. The zero-order chi connectivity index (χ0) is 13.7. The van der Waals surface area contributed by atoms with E-state index in [9.17, 15) is 0 Å². The number of aryl methyl sites for hydroxylation is 1. The standard InChI is InChI=1S/C14H25N5/c1-3-16-13-10-14(18-11(2)17-13)19-9-5-4-6-12(19)7-8-15/h10,12H,3-9,15H2,1-2H3,(H,16,17,18). The Balaban J connectivity index is 2.22. The van der Waals surface area contributed by atoms with E-state index in [2.05, 4.69) is 33.2 Å². The van der Waals surface area contributed by atoms with Gasteiger partial charge in [-0.05, 0) is 46.1 Å². The van der Waals surface area contributed by atoms with Crippen LogP contribution in [0.4, 0.5) is 11.6 Å². The fourth-order valence-electron chi connectivity index (χ4n) is 2.77. The van der Waals surface area contributed by atoms with E-state index in [4.69, 9.17) is 5.73 Å². The van der Waals surface area contributed by atoms with Crippen molar-refractivity contribution in [1.29, 1.82) is 0 Å². The van der Waals surface area contributed by atoms with Gasteiger partial charge in [0.1, 0.15) is 17.5 Å². The molecule has 3 N–H and O–H groups in total. The van der Waals surface area contributed by atoms with Gasteiger partial charge in [-0.1, -0.05) is 0 Å². The maximum atomic E-state index is 5.74. The van der Waals surface area contributed by atoms with Crippen LogP contribution in [0.1, 0.15) is 38.4 Å². The average molecular weight is 263 g/mol. The van der Waals surface area contributed by atoms with Crippen molar-refractivity contribution in [3.63, 3.8) is 0 Å². The van der Waals surface area contributed by atoms with Crippen molar-refractivity contribution in [2.24, 2.45) is 5.73 Å². The lowest BCUT2D eigenvalue weighted by Gasteiger charge is -2.36. The van der Waals surface area contributed by atoms with Crippen molar-refractivity contribution >= 4 is 11.6 Å². The van der Waals surface area contributed by atoms with Gasteiger partial charge in [-0.3, -0.25) is 0 Å². The van der Waals surface area contributed by atoms with Crippen LogP contribution in [0.3, 0.4) is 0 Å². The van der Waals surface area contributed by atoms with E-state index in [0.29, 0.717) is 6.04 Å². The Kier molecular flexibility index (Phi) is 4.96. The first kappa shape index (κ1) is 14.1. The molecule has 2 rings (SSSR count). The Morgan fingerprint density at radius 1 is 1.42 bits per heavy atom.